The summed E-state index contributed by atoms with van der Waals surface area (Å²) in [6.07, 6.45) is 9.43. The van der Waals surface area contributed by atoms with Crippen LogP contribution in [0.2, 0.25) is 0 Å². The summed E-state index contributed by atoms with van der Waals surface area (Å²) in [5, 5.41) is 10.7. The fraction of sp³-hybridized carbons (Fsp3) is 0.731. The van der Waals surface area contributed by atoms with Crippen molar-refractivity contribution >= 4 is 5.78 Å². The highest BCUT2D eigenvalue weighted by Crippen LogP contribution is 2.62. The molecule has 0 radical (unpaired) electrons. The van der Waals surface area contributed by atoms with Crippen LogP contribution >= 0.6 is 0 Å². The van der Waals surface area contributed by atoms with Gasteiger partial charge in [-0.2, -0.15) is 0 Å². The number of aliphatic hydroxyl groups is 1. The Bertz CT molecular complexity index is 772. The first-order valence-electron chi connectivity index (χ1n) is 12.0. The average Bonchev–Trinajstić information content (AvgIpc) is 3.50. The van der Waals surface area contributed by atoms with E-state index in [9.17, 15) is 9.90 Å². The molecule has 0 heterocycles. The van der Waals surface area contributed by atoms with E-state index < -0.39 is 0 Å². The van der Waals surface area contributed by atoms with Crippen LogP contribution in [0.1, 0.15) is 75.3 Å². The van der Waals surface area contributed by atoms with Crippen molar-refractivity contribution in [1.82, 2.24) is 4.90 Å². The Hall–Kier alpha value is -1.19. The smallest absolute Gasteiger partial charge is 0.139 e. The van der Waals surface area contributed by atoms with Gasteiger partial charge in [-0.15, -0.1) is 0 Å². The Morgan fingerprint density at radius 2 is 2.00 bits per heavy atom. The number of rotatable bonds is 6. The van der Waals surface area contributed by atoms with Gasteiger partial charge in [-0.05, 0) is 99.1 Å². The largest absolute Gasteiger partial charge is 0.378 e. The fourth-order valence-electron chi connectivity index (χ4n) is 7.26. The van der Waals surface area contributed by atoms with Crippen LogP contribution in [0.5, 0.6) is 0 Å². The highest BCUT2D eigenvalue weighted by atomic mass is 16.3. The molecule has 3 heteroatoms. The number of hydrogen-bond donors (Lipinski definition) is 1. The molecule has 0 spiro atoms. The van der Waals surface area contributed by atoms with Crippen LogP contribution in [0.15, 0.2) is 24.3 Å². The van der Waals surface area contributed by atoms with Gasteiger partial charge in [0.15, 0.2) is 0 Å². The van der Waals surface area contributed by atoms with Gasteiger partial charge in [-0.3, -0.25) is 9.69 Å². The van der Waals surface area contributed by atoms with Gasteiger partial charge in [0.25, 0.3) is 0 Å². The fourth-order valence-corrected chi connectivity index (χ4v) is 7.26. The molecule has 5 rings (SSSR count). The minimum atomic E-state index is -0.357. The molecule has 3 fully saturated rings. The molecule has 158 valence electrons. The first-order valence-corrected chi connectivity index (χ1v) is 12.0. The van der Waals surface area contributed by atoms with Crippen molar-refractivity contribution < 1.29 is 9.90 Å². The number of hydrogen-bond acceptors (Lipinski definition) is 3. The summed E-state index contributed by atoms with van der Waals surface area (Å²) in [5.41, 5.74) is 2.98. The summed E-state index contributed by atoms with van der Waals surface area (Å²) < 4.78 is 0. The molecule has 1 aromatic rings. The third-order valence-electron chi connectivity index (χ3n) is 9.03. The minimum absolute atomic E-state index is 0.122. The van der Waals surface area contributed by atoms with E-state index in [4.69, 9.17) is 0 Å². The summed E-state index contributed by atoms with van der Waals surface area (Å²) in [4.78, 5) is 15.3. The van der Waals surface area contributed by atoms with Crippen molar-refractivity contribution in [2.75, 3.05) is 13.6 Å². The molecule has 4 unspecified atom stereocenters. The van der Waals surface area contributed by atoms with Gasteiger partial charge in [0.05, 0.1) is 0 Å². The highest BCUT2D eigenvalue weighted by molar-refractivity contribution is 5.87. The Labute approximate surface area is 175 Å². The second-order valence-corrected chi connectivity index (χ2v) is 10.8. The Balaban J connectivity index is 1.32. The molecule has 1 N–H and O–H groups in total. The number of nitrogens with zero attached hydrogens (tertiary/aromatic N) is 1. The second-order valence-electron chi connectivity index (χ2n) is 10.8. The van der Waals surface area contributed by atoms with Crippen molar-refractivity contribution in [3.63, 3.8) is 0 Å². The molecule has 6 atom stereocenters. The molecule has 29 heavy (non-hydrogen) atoms. The van der Waals surface area contributed by atoms with Gasteiger partial charge in [0, 0.05) is 18.4 Å². The quantitative estimate of drug-likeness (QED) is 0.705. The molecule has 3 saturated carbocycles. The number of Topliss-reactive ketones (excluding diaryl/α,β-unsaturated/α-hetero) is 1. The zero-order chi connectivity index (χ0) is 20.2. The van der Waals surface area contributed by atoms with Crippen molar-refractivity contribution in [1.29, 1.82) is 0 Å². The molecule has 0 aromatic heterocycles. The highest BCUT2D eigenvalue weighted by Gasteiger charge is 2.58. The van der Waals surface area contributed by atoms with Crippen LogP contribution in [0.4, 0.5) is 0 Å². The SMILES string of the molecule is CN(CC1CC1)C(O)CC[C@@H]1CC(=O)[C@@]2(C)CCC3c4ccccc4CCC3C12. The molecular formula is C26H37NO2. The lowest BCUT2D eigenvalue weighted by atomic mass is 9.54. The number of aryl methyl sites for hydroxylation is 1. The number of ketones is 1. The monoisotopic (exact) mass is 395 g/mol. The lowest BCUT2D eigenvalue weighted by Crippen LogP contribution is -2.44. The summed E-state index contributed by atoms with van der Waals surface area (Å²) in [5.74, 6) is 3.53. The number of carbonyl (C=O) groups excluding carboxylic acids is 1. The third kappa shape index (κ3) is 3.49. The van der Waals surface area contributed by atoms with Crippen LogP contribution in [0.3, 0.4) is 0 Å². The maximum atomic E-state index is 13.1. The molecule has 0 saturated heterocycles. The topological polar surface area (TPSA) is 40.5 Å². The molecule has 0 aliphatic heterocycles. The maximum absolute atomic E-state index is 13.1. The van der Waals surface area contributed by atoms with Crippen molar-refractivity contribution in [2.45, 2.75) is 76.9 Å². The molecule has 0 amide bonds. The zero-order valence-corrected chi connectivity index (χ0v) is 18.1. The Morgan fingerprint density at radius 1 is 1.21 bits per heavy atom. The maximum Gasteiger partial charge on any atom is 0.139 e. The van der Waals surface area contributed by atoms with E-state index in [0.29, 0.717) is 29.5 Å². The predicted molar refractivity (Wildman–Crippen MR) is 116 cm³/mol. The van der Waals surface area contributed by atoms with Gasteiger partial charge in [-0.1, -0.05) is 31.2 Å². The molecule has 3 nitrogen and oxygen atoms in total. The van der Waals surface area contributed by atoms with E-state index in [1.54, 1.807) is 5.56 Å². The van der Waals surface area contributed by atoms with Crippen LogP contribution < -0.4 is 0 Å². The van der Waals surface area contributed by atoms with E-state index >= 15 is 0 Å². The average molecular weight is 396 g/mol. The third-order valence-corrected chi connectivity index (χ3v) is 9.03. The second kappa shape index (κ2) is 7.50. The van der Waals surface area contributed by atoms with E-state index in [-0.39, 0.29) is 11.6 Å². The van der Waals surface area contributed by atoms with E-state index in [0.717, 1.165) is 44.6 Å². The van der Waals surface area contributed by atoms with E-state index in [1.165, 1.54) is 31.2 Å². The van der Waals surface area contributed by atoms with Crippen molar-refractivity contribution in [3.05, 3.63) is 35.4 Å². The summed E-state index contributed by atoms with van der Waals surface area (Å²) in [6.45, 7) is 3.29. The van der Waals surface area contributed by atoms with Crippen LogP contribution in [-0.2, 0) is 11.2 Å². The molecular weight excluding hydrogens is 358 g/mol. The van der Waals surface area contributed by atoms with Gasteiger partial charge < -0.3 is 5.11 Å². The summed E-state index contributed by atoms with van der Waals surface area (Å²) in [7, 11) is 2.06. The van der Waals surface area contributed by atoms with Gasteiger partial charge in [0.1, 0.15) is 12.0 Å². The minimum Gasteiger partial charge on any atom is -0.378 e. The standard InChI is InChI=1S/C26H37NO2/c1-26-14-13-21-20-6-4-3-5-18(20)9-11-22(21)25(26)19(15-23(26)28)10-12-24(29)27(2)16-17-7-8-17/h3-6,17,19,21-22,24-25,29H,7-16H2,1-2H3/t19-,21?,22?,24?,25?,26-/m1/s1. The number of carbonyl (C=O) groups is 1. The van der Waals surface area contributed by atoms with Gasteiger partial charge in [0.2, 0.25) is 0 Å². The number of benzene rings is 1. The zero-order valence-electron chi connectivity index (χ0n) is 18.1. The van der Waals surface area contributed by atoms with Crippen molar-refractivity contribution in [3.8, 4) is 0 Å². The number of aliphatic hydroxyl groups excluding tert-OH is 1. The first kappa shape index (κ1) is 19.8. The van der Waals surface area contributed by atoms with Gasteiger partial charge >= 0.3 is 0 Å². The van der Waals surface area contributed by atoms with E-state index in [2.05, 4.69) is 43.1 Å². The lowest BCUT2D eigenvalue weighted by molar-refractivity contribution is -0.129. The number of fused-ring (bicyclic) bond motifs is 5. The Morgan fingerprint density at radius 3 is 2.79 bits per heavy atom. The molecule has 1 aromatic carbocycles. The summed E-state index contributed by atoms with van der Waals surface area (Å²) in [6, 6.07) is 9.02. The Kier molecular flexibility index (Phi) is 5.11. The van der Waals surface area contributed by atoms with Crippen LogP contribution in [0, 0.1) is 29.1 Å². The molecule has 4 aliphatic carbocycles. The van der Waals surface area contributed by atoms with Crippen molar-refractivity contribution in [2.24, 2.45) is 29.1 Å². The van der Waals surface area contributed by atoms with Gasteiger partial charge in [-0.25, -0.2) is 0 Å². The molecule has 0 bridgehead atoms. The van der Waals surface area contributed by atoms with Crippen LogP contribution in [-0.4, -0.2) is 35.6 Å². The first-order chi connectivity index (χ1) is 14.0. The normalized spacial score (nSPS) is 37.2. The summed E-state index contributed by atoms with van der Waals surface area (Å²) >= 11 is 0. The van der Waals surface area contributed by atoms with E-state index in [1.807, 2.05) is 0 Å². The van der Waals surface area contributed by atoms with Crippen LogP contribution in [0.25, 0.3) is 0 Å². The predicted octanol–water partition coefficient (Wildman–Crippen LogP) is 4.78. The molecule has 4 aliphatic rings. The lowest BCUT2D eigenvalue weighted by Gasteiger charge is -2.50.